The lowest BCUT2D eigenvalue weighted by atomic mass is 9.61. The molecule has 3 amide bonds. The molecule has 4 fully saturated rings. The number of fused-ring (bicyclic) bond motifs is 3. The number of hydrogen-bond acceptors (Lipinski definition) is 5. The number of imide groups is 1. The van der Waals surface area contributed by atoms with Gasteiger partial charge < -0.3 is 10.2 Å². The molecule has 1 unspecified atom stereocenters. The molecular weight excluding hydrogens is 380 g/mol. The van der Waals surface area contributed by atoms with Crippen molar-refractivity contribution in [2.24, 2.45) is 5.92 Å². The summed E-state index contributed by atoms with van der Waals surface area (Å²) in [6.07, 6.45) is 5.77. The molecule has 4 aliphatic heterocycles. The van der Waals surface area contributed by atoms with E-state index in [1.165, 1.54) is 31.2 Å². The lowest BCUT2D eigenvalue weighted by Gasteiger charge is -2.60. The van der Waals surface area contributed by atoms with Gasteiger partial charge in [-0.05, 0) is 75.4 Å². The second-order valence-electron chi connectivity index (χ2n) is 9.45. The SMILES string of the molecule is CNCCC12CC(CCN1Cc1ccc3c(c1)CN(C1CCC(=O)NC1=O)C3=O)C2. The number of amides is 3. The zero-order chi connectivity index (χ0) is 20.9. The Bertz CT molecular complexity index is 892. The molecule has 5 aliphatic rings. The van der Waals surface area contributed by atoms with E-state index >= 15 is 0 Å². The van der Waals surface area contributed by atoms with Gasteiger partial charge in [-0.3, -0.25) is 24.6 Å². The molecule has 7 heteroatoms. The first kappa shape index (κ1) is 19.7. The molecule has 0 aromatic heterocycles. The highest BCUT2D eigenvalue weighted by molar-refractivity contribution is 6.05. The number of rotatable bonds is 6. The number of hydrogen-bond donors (Lipinski definition) is 2. The Morgan fingerprint density at radius 3 is 2.80 bits per heavy atom. The van der Waals surface area contributed by atoms with Crippen LogP contribution in [0.25, 0.3) is 0 Å². The first-order valence-corrected chi connectivity index (χ1v) is 11.2. The summed E-state index contributed by atoms with van der Waals surface area (Å²) in [6, 6.07) is 5.59. The Hall–Kier alpha value is -2.25. The molecule has 2 N–H and O–H groups in total. The first-order chi connectivity index (χ1) is 14.5. The molecule has 1 aromatic carbocycles. The number of nitrogens with zero attached hydrogens (tertiary/aromatic N) is 2. The third-order valence-corrected chi connectivity index (χ3v) is 7.62. The maximum absolute atomic E-state index is 12.9. The van der Waals surface area contributed by atoms with Crippen molar-refractivity contribution in [2.45, 2.75) is 63.2 Å². The van der Waals surface area contributed by atoms with Gasteiger partial charge in [0.05, 0.1) is 0 Å². The van der Waals surface area contributed by atoms with Gasteiger partial charge in [-0.15, -0.1) is 0 Å². The predicted octanol–water partition coefficient (Wildman–Crippen LogP) is 1.41. The van der Waals surface area contributed by atoms with Crippen molar-refractivity contribution in [3.8, 4) is 0 Å². The second-order valence-corrected chi connectivity index (χ2v) is 9.45. The number of carbonyl (C=O) groups is 3. The van der Waals surface area contributed by atoms with Crippen LogP contribution in [0.3, 0.4) is 0 Å². The van der Waals surface area contributed by atoms with Crippen LogP contribution < -0.4 is 10.6 Å². The Labute approximate surface area is 177 Å². The van der Waals surface area contributed by atoms with Gasteiger partial charge in [-0.2, -0.15) is 0 Å². The van der Waals surface area contributed by atoms with Gasteiger partial charge in [0.2, 0.25) is 11.8 Å². The van der Waals surface area contributed by atoms with Crippen LogP contribution in [-0.4, -0.2) is 59.2 Å². The molecule has 1 aliphatic carbocycles. The molecule has 0 spiro atoms. The summed E-state index contributed by atoms with van der Waals surface area (Å²) in [5, 5.41) is 5.67. The molecule has 7 nitrogen and oxygen atoms in total. The van der Waals surface area contributed by atoms with E-state index < -0.39 is 6.04 Å². The van der Waals surface area contributed by atoms with Crippen molar-refractivity contribution in [1.29, 1.82) is 0 Å². The topological polar surface area (TPSA) is 81.8 Å². The lowest BCUT2D eigenvalue weighted by Crippen LogP contribution is -2.62. The van der Waals surface area contributed by atoms with Crippen molar-refractivity contribution in [2.75, 3.05) is 20.1 Å². The van der Waals surface area contributed by atoms with Crippen LogP contribution in [0.15, 0.2) is 18.2 Å². The van der Waals surface area contributed by atoms with Gasteiger partial charge in [-0.25, -0.2) is 0 Å². The van der Waals surface area contributed by atoms with Gasteiger partial charge >= 0.3 is 0 Å². The molecule has 160 valence electrons. The van der Waals surface area contributed by atoms with Crippen LogP contribution in [-0.2, 0) is 22.7 Å². The van der Waals surface area contributed by atoms with E-state index in [1.54, 1.807) is 4.90 Å². The minimum atomic E-state index is -0.551. The molecule has 6 rings (SSSR count). The summed E-state index contributed by atoms with van der Waals surface area (Å²) in [6.45, 7) is 3.55. The van der Waals surface area contributed by atoms with E-state index in [0.29, 0.717) is 24.1 Å². The summed E-state index contributed by atoms with van der Waals surface area (Å²) in [5.41, 5.74) is 3.26. The molecule has 3 saturated heterocycles. The summed E-state index contributed by atoms with van der Waals surface area (Å²) < 4.78 is 0. The number of piperidine rings is 3. The van der Waals surface area contributed by atoms with Gasteiger partial charge in [0.25, 0.3) is 5.91 Å². The Kier molecular flexibility index (Phi) is 4.90. The van der Waals surface area contributed by atoms with Crippen LogP contribution in [0.4, 0.5) is 0 Å². The Morgan fingerprint density at radius 1 is 1.20 bits per heavy atom. The minimum Gasteiger partial charge on any atom is -0.322 e. The molecule has 1 atom stereocenters. The van der Waals surface area contributed by atoms with Crippen molar-refractivity contribution in [3.63, 3.8) is 0 Å². The number of carbonyl (C=O) groups excluding carboxylic acids is 3. The van der Waals surface area contributed by atoms with Crippen molar-refractivity contribution in [3.05, 3.63) is 34.9 Å². The van der Waals surface area contributed by atoms with E-state index in [0.717, 1.165) is 31.1 Å². The van der Waals surface area contributed by atoms with Gasteiger partial charge in [0.15, 0.2) is 0 Å². The van der Waals surface area contributed by atoms with Crippen LogP contribution in [0.5, 0.6) is 0 Å². The number of benzene rings is 1. The molecule has 0 radical (unpaired) electrons. The maximum Gasteiger partial charge on any atom is 0.255 e. The quantitative estimate of drug-likeness (QED) is 0.693. The van der Waals surface area contributed by atoms with Crippen molar-refractivity contribution < 1.29 is 14.4 Å². The largest absolute Gasteiger partial charge is 0.322 e. The zero-order valence-electron chi connectivity index (χ0n) is 17.6. The highest BCUT2D eigenvalue weighted by Crippen LogP contribution is 2.51. The van der Waals surface area contributed by atoms with Crippen LogP contribution in [0.2, 0.25) is 0 Å². The van der Waals surface area contributed by atoms with Gasteiger partial charge in [0, 0.05) is 30.6 Å². The summed E-state index contributed by atoms with van der Waals surface area (Å²) >= 11 is 0. The second kappa shape index (κ2) is 7.46. The summed E-state index contributed by atoms with van der Waals surface area (Å²) in [7, 11) is 2.02. The fraction of sp³-hybridized carbons (Fsp3) is 0.609. The normalized spacial score (nSPS) is 30.8. The Morgan fingerprint density at radius 2 is 2.03 bits per heavy atom. The lowest BCUT2D eigenvalue weighted by molar-refractivity contribution is -0.136. The highest BCUT2D eigenvalue weighted by atomic mass is 16.2. The van der Waals surface area contributed by atoms with Gasteiger partial charge in [-0.1, -0.05) is 12.1 Å². The third kappa shape index (κ3) is 3.24. The van der Waals surface area contributed by atoms with Crippen LogP contribution in [0.1, 0.15) is 60.0 Å². The summed E-state index contributed by atoms with van der Waals surface area (Å²) in [4.78, 5) is 40.9. The Balaban J connectivity index is 1.31. The smallest absolute Gasteiger partial charge is 0.255 e. The van der Waals surface area contributed by atoms with Gasteiger partial charge in [0.1, 0.15) is 6.04 Å². The maximum atomic E-state index is 12.9. The standard InChI is InChI=1S/C23H30N4O3/c1-24-8-7-23-11-16(12-23)6-9-26(23)13-15-2-3-18-17(10-15)14-27(22(18)30)19-4-5-20(28)25-21(19)29/h2-3,10,16,19,24H,4-9,11-14H2,1H3,(H,25,28,29). The molecule has 2 bridgehead atoms. The average Bonchev–Trinajstić information content (AvgIpc) is 3.02. The van der Waals surface area contributed by atoms with E-state index in [2.05, 4.69) is 27.7 Å². The van der Waals surface area contributed by atoms with Crippen molar-refractivity contribution >= 4 is 17.7 Å². The third-order valence-electron chi connectivity index (χ3n) is 7.62. The zero-order valence-corrected chi connectivity index (χ0v) is 17.6. The molecule has 1 saturated carbocycles. The minimum absolute atomic E-state index is 0.101. The molecule has 1 aromatic rings. The van der Waals surface area contributed by atoms with Crippen LogP contribution >= 0.6 is 0 Å². The molecular formula is C23H30N4O3. The number of nitrogens with one attached hydrogen (secondary N) is 2. The summed E-state index contributed by atoms with van der Waals surface area (Å²) in [5.74, 6) is 0.191. The van der Waals surface area contributed by atoms with E-state index in [-0.39, 0.29) is 24.1 Å². The first-order valence-electron chi connectivity index (χ1n) is 11.2. The average molecular weight is 411 g/mol. The van der Waals surface area contributed by atoms with Crippen molar-refractivity contribution in [1.82, 2.24) is 20.4 Å². The van der Waals surface area contributed by atoms with E-state index in [4.69, 9.17) is 0 Å². The fourth-order valence-corrected chi connectivity index (χ4v) is 5.97. The van der Waals surface area contributed by atoms with E-state index in [1.807, 2.05) is 13.1 Å². The monoisotopic (exact) mass is 410 g/mol. The molecule has 30 heavy (non-hydrogen) atoms. The molecule has 4 heterocycles. The fourth-order valence-electron chi connectivity index (χ4n) is 5.97. The predicted molar refractivity (Wildman–Crippen MR) is 112 cm³/mol. The highest BCUT2D eigenvalue weighted by Gasteiger charge is 2.51. The van der Waals surface area contributed by atoms with Crippen LogP contribution in [0, 0.1) is 5.92 Å². The van der Waals surface area contributed by atoms with E-state index in [9.17, 15) is 14.4 Å².